The highest BCUT2D eigenvalue weighted by Gasteiger charge is 2.13. The number of amides is 1. The third-order valence-electron chi connectivity index (χ3n) is 2.39. The van der Waals surface area contributed by atoms with E-state index >= 15 is 0 Å². The molecule has 0 unspecified atom stereocenters. The molecule has 0 fully saturated rings. The van der Waals surface area contributed by atoms with E-state index in [4.69, 9.17) is 9.88 Å². The molecule has 0 aliphatic heterocycles. The lowest BCUT2D eigenvalue weighted by Gasteiger charge is -2.15. The van der Waals surface area contributed by atoms with E-state index in [0.717, 1.165) is 0 Å². The molecule has 1 amide bonds. The molecule has 0 radical (unpaired) electrons. The number of nitrogens with zero attached hydrogens (tertiary/aromatic N) is 1. The highest BCUT2D eigenvalue weighted by molar-refractivity contribution is 7.89. The number of carbonyl (C=O) groups is 1. The number of nitrogens with one attached hydrogen (secondary N) is 1. The second-order valence-electron chi connectivity index (χ2n) is 4.54. The van der Waals surface area contributed by atoms with Crippen LogP contribution in [0.5, 0.6) is 5.75 Å². The van der Waals surface area contributed by atoms with E-state index in [1.54, 1.807) is 0 Å². The monoisotopic (exact) mass is 301 g/mol. The van der Waals surface area contributed by atoms with Crippen LogP contribution >= 0.6 is 0 Å². The van der Waals surface area contributed by atoms with Gasteiger partial charge in [0.25, 0.3) is 0 Å². The fraction of sp³-hybridized carbons (Fsp3) is 0.417. The Morgan fingerprint density at radius 3 is 2.55 bits per heavy atom. The first-order valence-electron chi connectivity index (χ1n) is 5.92. The van der Waals surface area contributed by atoms with Crippen molar-refractivity contribution in [3.05, 3.63) is 18.2 Å². The zero-order valence-electron chi connectivity index (χ0n) is 11.7. The largest absolute Gasteiger partial charge is 0.490 e. The minimum Gasteiger partial charge on any atom is -0.490 e. The first-order chi connectivity index (χ1) is 9.20. The van der Waals surface area contributed by atoms with Gasteiger partial charge >= 0.3 is 0 Å². The molecule has 8 heteroatoms. The third-order valence-corrected chi connectivity index (χ3v) is 3.30. The van der Waals surface area contributed by atoms with Gasteiger partial charge in [-0.2, -0.15) is 0 Å². The van der Waals surface area contributed by atoms with Crippen LogP contribution in [0.2, 0.25) is 0 Å². The van der Waals surface area contributed by atoms with Crippen molar-refractivity contribution in [3.63, 3.8) is 0 Å². The van der Waals surface area contributed by atoms with Crippen molar-refractivity contribution in [2.24, 2.45) is 5.14 Å². The Morgan fingerprint density at radius 2 is 2.05 bits per heavy atom. The molecule has 3 N–H and O–H groups in total. The van der Waals surface area contributed by atoms with Crippen molar-refractivity contribution >= 4 is 21.6 Å². The van der Waals surface area contributed by atoms with Crippen molar-refractivity contribution in [1.82, 2.24) is 4.90 Å². The van der Waals surface area contributed by atoms with Gasteiger partial charge in [0.05, 0.1) is 10.6 Å². The lowest BCUT2D eigenvalue weighted by Crippen LogP contribution is -2.20. The Hall–Kier alpha value is -1.64. The first kappa shape index (κ1) is 16.4. The number of carbonyl (C=O) groups excluding carboxylic acids is 1. The average Bonchev–Trinajstić information content (AvgIpc) is 2.28. The van der Waals surface area contributed by atoms with Crippen LogP contribution in [0.1, 0.15) is 6.92 Å². The third kappa shape index (κ3) is 5.16. The summed E-state index contributed by atoms with van der Waals surface area (Å²) in [4.78, 5) is 13.0. The number of sulfonamides is 1. The summed E-state index contributed by atoms with van der Waals surface area (Å²) in [5.41, 5.74) is 0.280. The zero-order chi connectivity index (χ0) is 15.3. The molecule has 1 aromatic rings. The molecule has 7 nitrogen and oxygen atoms in total. The summed E-state index contributed by atoms with van der Waals surface area (Å²) in [6, 6.07) is 4.09. The Kier molecular flexibility index (Phi) is 5.49. The minimum absolute atomic E-state index is 0.0822. The smallest absolute Gasteiger partial charge is 0.238 e. The Bertz CT molecular complexity index is 584. The molecular formula is C12H19N3O4S. The Balaban J connectivity index is 3.01. The molecule has 0 aliphatic rings. The summed E-state index contributed by atoms with van der Waals surface area (Å²) in [6.45, 7) is 2.43. The summed E-state index contributed by atoms with van der Waals surface area (Å²) >= 11 is 0. The molecule has 1 rings (SSSR count). The first-order valence-corrected chi connectivity index (χ1v) is 7.47. The van der Waals surface area contributed by atoms with E-state index in [0.29, 0.717) is 18.9 Å². The number of primary sulfonamides is 1. The van der Waals surface area contributed by atoms with Gasteiger partial charge < -0.3 is 15.0 Å². The lowest BCUT2D eigenvalue weighted by atomic mass is 10.3. The lowest BCUT2D eigenvalue weighted by molar-refractivity contribution is -0.114. The van der Waals surface area contributed by atoms with Crippen molar-refractivity contribution in [1.29, 1.82) is 0 Å². The summed E-state index contributed by atoms with van der Waals surface area (Å²) in [6.07, 6.45) is 0. The van der Waals surface area contributed by atoms with Crippen molar-refractivity contribution in [3.8, 4) is 5.75 Å². The van der Waals surface area contributed by atoms with Crippen molar-refractivity contribution < 1.29 is 17.9 Å². The molecule has 1 aromatic carbocycles. The number of hydrogen-bond donors (Lipinski definition) is 2. The van der Waals surface area contributed by atoms with Crippen LogP contribution < -0.4 is 15.2 Å². The SMILES string of the molecule is CC(=O)Nc1cc(S(N)(=O)=O)ccc1OCCN(C)C. The molecule has 0 aromatic heterocycles. The van der Waals surface area contributed by atoms with E-state index in [1.807, 2.05) is 19.0 Å². The number of anilines is 1. The number of likely N-dealkylation sites (N-methyl/N-ethyl adjacent to an activating group) is 1. The number of hydrogen-bond acceptors (Lipinski definition) is 5. The van der Waals surface area contributed by atoms with Gasteiger partial charge in [-0.15, -0.1) is 0 Å². The molecule has 0 bridgehead atoms. The summed E-state index contributed by atoms with van der Waals surface area (Å²) in [7, 11) is -0.0170. The van der Waals surface area contributed by atoms with Crippen LogP contribution in [0.25, 0.3) is 0 Å². The van der Waals surface area contributed by atoms with E-state index < -0.39 is 10.0 Å². The average molecular weight is 301 g/mol. The molecule has 0 aliphatic carbocycles. The summed E-state index contributed by atoms with van der Waals surface area (Å²) in [5, 5.41) is 7.58. The van der Waals surface area contributed by atoms with Gasteiger partial charge in [0.15, 0.2) is 0 Å². The van der Waals surface area contributed by atoms with Crippen molar-refractivity contribution in [2.45, 2.75) is 11.8 Å². The maximum Gasteiger partial charge on any atom is 0.238 e. The van der Waals surface area contributed by atoms with Gasteiger partial charge in [-0.05, 0) is 32.3 Å². The summed E-state index contributed by atoms with van der Waals surface area (Å²) in [5.74, 6) is 0.0727. The zero-order valence-corrected chi connectivity index (χ0v) is 12.5. The highest BCUT2D eigenvalue weighted by Crippen LogP contribution is 2.27. The van der Waals surface area contributed by atoms with Gasteiger partial charge in [-0.25, -0.2) is 13.6 Å². The maximum atomic E-state index is 11.3. The quantitative estimate of drug-likeness (QED) is 0.783. The fourth-order valence-electron chi connectivity index (χ4n) is 1.44. The molecule has 20 heavy (non-hydrogen) atoms. The molecule has 0 heterocycles. The van der Waals surface area contributed by atoms with Gasteiger partial charge in [-0.3, -0.25) is 4.79 Å². The van der Waals surface area contributed by atoms with Crippen molar-refractivity contribution in [2.75, 3.05) is 32.6 Å². The van der Waals surface area contributed by atoms with Crippen LogP contribution in [0.15, 0.2) is 23.1 Å². The van der Waals surface area contributed by atoms with Crippen LogP contribution in [-0.2, 0) is 14.8 Å². The standard InChI is InChI=1S/C12H19N3O4S/c1-9(16)14-11-8-10(20(13,17)18)4-5-12(11)19-7-6-15(2)3/h4-5,8H,6-7H2,1-3H3,(H,14,16)(H2,13,17,18). The molecule has 0 saturated carbocycles. The number of benzene rings is 1. The van der Waals surface area contributed by atoms with Crippen LogP contribution in [0, 0.1) is 0 Å². The topological polar surface area (TPSA) is 102 Å². The minimum atomic E-state index is -3.83. The van der Waals surface area contributed by atoms with Gasteiger partial charge in [0.1, 0.15) is 12.4 Å². The second kappa shape index (κ2) is 6.69. The van der Waals surface area contributed by atoms with E-state index in [-0.39, 0.29) is 16.5 Å². The maximum absolute atomic E-state index is 11.3. The predicted octanol–water partition coefficient (Wildman–Crippen LogP) is 0.233. The van der Waals surface area contributed by atoms with Crippen LogP contribution in [0.3, 0.4) is 0 Å². The van der Waals surface area contributed by atoms with Gasteiger partial charge in [0.2, 0.25) is 15.9 Å². The number of nitrogens with two attached hydrogens (primary N) is 1. The van der Waals surface area contributed by atoms with Gasteiger partial charge in [0, 0.05) is 13.5 Å². The Morgan fingerprint density at radius 1 is 1.40 bits per heavy atom. The van der Waals surface area contributed by atoms with Crippen LogP contribution in [-0.4, -0.2) is 46.5 Å². The van der Waals surface area contributed by atoms with Gasteiger partial charge in [-0.1, -0.05) is 0 Å². The van der Waals surface area contributed by atoms with E-state index in [1.165, 1.54) is 25.1 Å². The van der Waals surface area contributed by atoms with Crippen LogP contribution in [0.4, 0.5) is 5.69 Å². The number of rotatable bonds is 6. The van der Waals surface area contributed by atoms with E-state index in [2.05, 4.69) is 5.32 Å². The molecule has 0 spiro atoms. The fourth-order valence-corrected chi connectivity index (χ4v) is 1.98. The molecule has 0 saturated heterocycles. The molecule has 0 atom stereocenters. The molecular weight excluding hydrogens is 282 g/mol. The van der Waals surface area contributed by atoms with E-state index in [9.17, 15) is 13.2 Å². The Labute approximate surface area is 118 Å². The predicted molar refractivity (Wildman–Crippen MR) is 76.2 cm³/mol. The molecule has 112 valence electrons. The second-order valence-corrected chi connectivity index (χ2v) is 6.10. The normalized spacial score (nSPS) is 11.4. The highest BCUT2D eigenvalue weighted by atomic mass is 32.2. The number of ether oxygens (including phenoxy) is 1. The summed E-state index contributed by atoms with van der Waals surface area (Å²) < 4.78 is 28.1.